The van der Waals surface area contributed by atoms with Gasteiger partial charge in [0.1, 0.15) is 11.6 Å². The normalized spacial score (nSPS) is 14.2. The molecule has 2 N–H and O–H groups in total. The van der Waals surface area contributed by atoms with Crippen molar-refractivity contribution in [2.45, 2.75) is 6.54 Å². The Morgan fingerprint density at radius 2 is 1.52 bits per heavy atom. The number of nitrogens with one attached hydrogen (secondary N) is 2. The minimum absolute atomic E-state index is 0.0850. The molecular weight excluding hydrogens is 406 g/mol. The second kappa shape index (κ2) is 10.6. The zero-order chi connectivity index (χ0) is 22.2. The van der Waals surface area contributed by atoms with Crippen molar-refractivity contribution in [2.24, 2.45) is 0 Å². The Morgan fingerprint density at radius 3 is 2.16 bits per heavy atom. The van der Waals surface area contributed by atoms with Gasteiger partial charge in [-0.2, -0.15) is 0 Å². The summed E-state index contributed by atoms with van der Waals surface area (Å²) >= 11 is 0. The largest absolute Gasteiger partial charge is 0.351 e. The van der Waals surface area contributed by atoms with Crippen LogP contribution in [0.2, 0.25) is 0 Å². The van der Waals surface area contributed by atoms with Crippen LogP contribution < -0.4 is 10.6 Å². The number of carbonyl (C=O) groups is 3. The van der Waals surface area contributed by atoms with Gasteiger partial charge in [0, 0.05) is 44.4 Å². The molecule has 0 bridgehead atoms. The van der Waals surface area contributed by atoms with Gasteiger partial charge in [-0.3, -0.25) is 19.3 Å². The van der Waals surface area contributed by atoms with Crippen LogP contribution in [0.25, 0.3) is 0 Å². The van der Waals surface area contributed by atoms with Crippen LogP contribution in [-0.4, -0.2) is 66.8 Å². The molecule has 1 aliphatic heterocycles. The van der Waals surface area contributed by atoms with Crippen molar-refractivity contribution in [1.82, 2.24) is 20.4 Å². The van der Waals surface area contributed by atoms with E-state index in [9.17, 15) is 23.2 Å². The van der Waals surface area contributed by atoms with E-state index in [1.54, 1.807) is 4.90 Å². The van der Waals surface area contributed by atoms with Gasteiger partial charge in [0.25, 0.3) is 5.91 Å². The van der Waals surface area contributed by atoms with Gasteiger partial charge in [0.15, 0.2) is 0 Å². The summed E-state index contributed by atoms with van der Waals surface area (Å²) in [5, 5.41) is 5.26. The van der Waals surface area contributed by atoms with Crippen LogP contribution in [0, 0.1) is 11.6 Å². The fourth-order valence-corrected chi connectivity index (χ4v) is 3.27. The Labute approximate surface area is 179 Å². The van der Waals surface area contributed by atoms with E-state index >= 15 is 0 Å². The van der Waals surface area contributed by atoms with Crippen LogP contribution in [0.3, 0.4) is 0 Å². The van der Waals surface area contributed by atoms with Crippen LogP contribution in [-0.2, 0) is 16.1 Å². The molecule has 0 aliphatic carbocycles. The van der Waals surface area contributed by atoms with Crippen molar-refractivity contribution in [2.75, 3.05) is 39.3 Å². The van der Waals surface area contributed by atoms with Crippen molar-refractivity contribution in [3.05, 3.63) is 71.3 Å². The molecule has 7 nitrogen and oxygen atoms in total. The van der Waals surface area contributed by atoms with E-state index in [2.05, 4.69) is 10.6 Å². The zero-order valence-corrected chi connectivity index (χ0v) is 16.9. The second-order valence-corrected chi connectivity index (χ2v) is 7.26. The molecule has 0 aromatic heterocycles. The summed E-state index contributed by atoms with van der Waals surface area (Å²) < 4.78 is 26.4. The first-order valence-electron chi connectivity index (χ1n) is 9.96. The van der Waals surface area contributed by atoms with E-state index in [-0.39, 0.29) is 30.5 Å². The van der Waals surface area contributed by atoms with Crippen LogP contribution >= 0.6 is 0 Å². The summed E-state index contributed by atoms with van der Waals surface area (Å²) in [6.07, 6.45) is 0. The maximum atomic E-state index is 13.2. The molecule has 1 fully saturated rings. The minimum Gasteiger partial charge on any atom is -0.351 e. The molecule has 1 heterocycles. The molecule has 0 saturated carbocycles. The number of hydrogen-bond acceptors (Lipinski definition) is 4. The number of benzene rings is 2. The number of halogens is 2. The average molecular weight is 430 g/mol. The van der Waals surface area contributed by atoms with Crippen LogP contribution in [0.15, 0.2) is 48.5 Å². The molecule has 2 aromatic carbocycles. The maximum Gasteiger partial charge on any atom is 0.251 e. The number of piperazine rings is 1. The quantitative estimate of drug-likeness (QED) is 0.691. The Kier molecular flexibility index (Phi) is 7.66. The summed E-state index contributed by atoms with van der Waals surface area (Å²) in [7, 11) is 0. The highest BCUT2D eigenvalue weighted by atomic mass is 19.1. The standard InChI is InChI=1S/C22H24F2N4O3/c23-18-10-17(11-19(24)12-18)22(31)26-14-21(30)28-8-6-27(7-9-28)15-20(29)25-13-16-4-2-1-3-5-16/h1-5,10-12H,6-9,13-15H2,(H,25,29)(H,26,31). The highest BCUT2D eigenvalue weighted by Gasteiger charge is 2.23. The molecule has 0 spiro atoms. The number of hydrogen-bond donors (Lipinski definition) is 2. The van der Waals surface area contributed by atoms with Crippen molar-refractivity contribution in [3.8, 4) is 0 Å². The van der Waals surface area contributed by atoms with Gasteiger partial charge in [0.2, 0.25) is 11.8 Å². The second-order valence-electron chi connectivity index (χ2n) is 7.26. The fraction of sp³-hybridized carbons (Fsp3) is 0.318. The van der Waals surface area contributed by atoms with E-state index in [4.69, 9.17) is 0 Å². The molecule has 0 unspecified atom stereocenters. The first-order valence-corrected chi connectivity index (χ1v) is 9.96. The van der Waals surface area contributed by atoms with E-state index in [1.807, 2.05) is 35.2 Å². The highest BCUT2D eigenvalue weighted by Crippen LogP contribution is 2.08. The first kappa shape index (κ1) is 22.4. The predicted octanol–water partition coefficient (Wildman–Crippen LogP) is 1.16. The third kappa shape index (κ3) is 6.85. The fourth-order valence-electron chi connectivity index (χ4n) is 3.27. The third-order valence-electron chi connectivity index (χ3n) is 4.95. The lowest BCUT2D eigenvalue weighted by Crippen LogP contribution is -2.52. The van der Waals surface area contributed by atoms with E-state index in [0.717, 1.165) is 17.7 Å². The molecule has 2 aromatic rings. The van der Waals surface area contributed by atoms with E-state index < -0.39 is 17.5 Å². The lowest BCUT2D eigenvalue weighted by molar-refractivity contribution is -0.132. The highest BCUT2D eigenvalue weighted by molar-refractivity contribution is 5.96. The average Bonchev–Trinajstić information content (AvgIpc) is 2.76. The summed E-state index contributed by atoms with van der Waals surface area (Å²) in [6.45, 7) is 2.37. The van der Waals surface area contributed by atoms with Crippen LogP contribution in [0.5, 0.6) is 0 Å². The van der Waals surface area contributed by atoms with Crippen molar-refractivity contribution >= 4 is 17.7 Å². The molecule has 0 atom stereocenters. The van der Waals surface area contributed by atoms with Crippen molar-refractivity contribution in [1.29, 1.82) is 0 Å². The third-order valence-corrected chi connectivity index (χ3v) is 4.95. The molecule has 1 saturated heterocycles. The molecule has 3 amide bonds. The summed E-state index contributed by atoms with van der Waals surface area (Å²) in [6, 6.07) is 12.1. The molecule has 3 rings (SSSR count). The Morgan fingerprint density at radius 1 is 0.871 bits per heavy atom. The van der Waals surface area contributed by atoms with Gasteiger partial charge in [-0.25, -0.2) is 8.78 Å². The molecule has 1 aliphatic rings. The summed E-state index contributed by atoms with van der Waals surface area (Å²) in [5.74, 6) is -2.82. The Balaban J connectivity index is 1.37. The SMILES string of the molecule is O=C(CN1CCN(C(=O)CNC(=O)c2cc(F)cc(F)c2)CC1)NCc1ccccc1. The van der Waals surface area contributed by atoms with Crippen molar-refractivity contribution < 1.29 is 23.2 Å². The van der Waals surface area contributed by atoms with Gasteiger partial charge in [0.05, 0.1) is 13.1 Å². The molecule has 0 radical (unpaired) electrons. The van der Waals surface area contributed by atoms with Gasteiger partial charge in [-0.15, -0.1) is 0 Å². The van der Waals surface area contributed by atoms with Crippen LogP contribution in [0.1, 0.15) is 15.9 Å². The number of nitrogens with zero attached hydrogens (tertiary/aromatic N) is 2. The monoisotopic (exact) mass is 430 g/mol. The van der Waals surface area contributed by atoms with Gasteiger partial charge >= 0.3 is 0 Å². The zero-order valence-electron chi connectivity index (χ0n) is 16.9. The van der Waals surface area contributed by atoms with Crippen molar-refractivity contribution in [3.63, 3.8) is 0 Å². The number of carbonyl (C=O) groups excluding carboxylic acids is 3. The Bertz CT molecular complexity index is 911. The van der Waals surface area contributed by atoms with E-state index in [1.165, 1.54) is 0 Å². The summed E-state index contributed by atoms with van der Waals surface area (Å²) in [4.78, 5) is 40.0. The smallest absolute Gasteiger partial charge is 0.251 e. The van der Waals surface area contributed by atoms with Gasteiger partial charge in [-0.05, 0) is 17.7 Å². The minimum atomic E-state index is -0.861. The lowest BCUT2D eigenvalue weighted by Gasteiger charge is -2.34. The van der Waals surface area contributed by atoms with Crippen LogP contribution in [0.4, 0.5) is 8.78 Å². The molecule has 164 valence electrons. The van der Waals surface area contributed by atoms with Gasteiger partial charge < -0.3 is 15.5 Å². The van der Waals surface area contributed by atoms with E-state index in [0.29, 0.717) is 38.8 Å². The maximum absolute atomic E-state index is 13.2. The molecule has 31 heavy (non-hydrogen) atoms. The van der Waals surface area contributed by atoms with Gasteiger partial charge in [-0.1, -0.05) is 30.3 Å². The number of amides is 3. The lowest BCUT2D eigenvalue weighted by atomic mass is 10.2. The Hall–Kier alpha value is -3.33. The first-order chi connectivity index (χ1) is 14.9. The molecular formula is C22H24F2N4O3. The molecule has 9 heteroatoms. The predicted molar refractivity (Wildman–Crippen MR) is 110 cm³/mol. The summed E-state index contributed by atoms with van der Waals surface area (Å²) in [5.41, 5.74) is 0.839. The number of rotatable bonds is 7. The topological polar surface area (TPSA) is 81.8 Å².